The number of nitrogens with one attached hydrogen (secondary N) is 2. The first-order valence-electron chi connectivity index (χ1n) is 9.51. The molecule has 2 aromatic carbocycles. The highest BCUT2D eigenvalue weighted by Gasteiger charge is 2.20. The molecule has 0 spiro atoms. The second-order valence-electron chi connectivity index (χ2n) is 6.59. The van der Waals surface area contributed by atoms with E-state index in [1.807, 2.05) is 6.92 Å². The van der Waals surface area contributed by atoms with Crippen LogP contribution in [0.4, 0.5) is 11.4 Å². The van der Waals surface area contributed by atoms with Crippen molar-refractivity contribution in [1.29, 1.82) is 0 Å². The van der Waals surface area contributed by atoms with E-state index in [1.54, 1.807) is 36.4 Å². The van der Waals surface area contributed by atoms with Gasteiger partial charge in [0.1, 0.15) is 0 Å². The van der Waals surface area contributed by atoms with Gasteiger partial charge in [-0.15, -0.1) is 0 Å². The summed E-state index contributed by atoms with van der Waals surface area (Å²) < 4.78 is 0. The predicted octanol–water partition coefficient (Wildman–Crippen LogP) is 4.79. The van der Waals surface area contributed by atoms with Crippen LogP contribution >= 0.6 is 0 Å². The molecule has 0 saturated carbocycles. The third-order valence-corrected chi connectivity index (χ3v) is 4.60. The van der Waals surface area contributed by atoms with Gasteiger partial charge in [0.15, 0.2) is 0 Å². The van der Waals surface area contributed by atoms with Crippen LogP contribution < -0.4 is 10.6 Å². The Labute approximate surface area is 165 Å². The maximum atomic E-state index is 12.7. The van der Waals surface area contributed by atoms with Gasteiger partial charge in [0.25, 0.3) is 5.91 Å². The average molecular weight is 382 g/mol. The minimum atomic E-state index is -1.13. The summed E-state index contributed by atoms with van der Waals surface area (Å²) in [5, 5.41) is 14.8. The van der Waals surface area contributed by atoms with E-state index in [4.69, 9.17) is 0 Å². The first kappa shape index (κ1) is 21.2. The highest BCUT2D eigenvalue weighted by molar-refractivity contribution is 6.12. The molecule has 2 amide bonds. The van der Waals surface area contributed by atoms with E-state index in [9.17, 15) is 19.5 Å². The number of para-hydroxylation sites is 2. The van der Waals surface area contributed by atoms with Gasteiger partial charge in [0.05, 0.1) is 22.5 Å². The Hall–Kier alpha value is -3.15. The molecule has 2 rings (SSSR count). The Bertz CT molecular complexity index is 848. The van der Waals surface area contributed by atoms with Crippen LogP contribution in [0.2, 0.25) is 0 Å². The van der Waals surface area contributed by atoms with Crippen molar-refractivity contribution in [3.8, 4) is 0 Å². The fraction of sp³-hybridized carbons (Fsp3) is 0.318. The lowest BCUT2D eigenvalue weighted by molar-refractivity contribution is -0.120. The Morgan fingerprint density at radius 3 is 2.04 bits per heavy atom. The van der Waals surface area contributed by atoms with Crippen LogP contribution in [0.1, 0.15) is 60.2 Å². The van der Waals surface area contributed by atoms with Crippen molar-refractivity contribution in [3.63, 3.8) is 0 Å². The Morgan fingerprint density at radius 1 is 0.893 bits per heavy atom. The molecule has 6 nitrogen and oxygen atoms in total. The van der Waals surface area contributed by atoms with Crippen LogP contribution in [0.25, 0.3) is 0 Å². The van der Waals surface area contributed by atoms with Gasteiger partial charge in [-0.1, -0.05) is 51.0 Å². The molecule has 0 aromatic heterocycles. The van der Waals surface area contributed by atoms with Gasteiger partial charge < -0.3 is 15.7 Å². The number of hydrogen-bond donors (Lipinski definition) is 3. The molecule has 6 heteroatoms. The van der Waals surface area contributed by atoms with Gasteiger partial charge in [-0.25, -0.2) is 4.79 Å². The lowest BCUT2D eigenvalue weighted by Gasteiger charge is -2.17. The van der Waals surface area contributed by atoms with Gasteiger partial charge in [-0.05, 0) is 37.1 Å². The van der Waals surface area contributed by atoms with E-state index in [0.717, 1.165) is 25.7 Å². The summed E-state index contributed by atoms with van der Waals surface area (Å²) in [6.07, 6.45) is 3.52. The number of hydrogen-bond acceptors (Lipinski definition) is 3. The predicted molar refractivity (Wildman–Crippen MR) is 110 cm³/mol. The van der Waals surface area contributed by atoms with E-state index in [1.165, 1.54) is 12.1 Å². The van der Waals surface area contributed by atoms with Crippen LogP contribution in [0, 0.1) is 5.92 Å². The molecule has 0 saturated heterocycles. The van der Waals surface area contributed by atoms with Crippen molar-refractivity contribution >= 4 is 29.2 Å². The van der Waals surface area contributed by atoms with Crippen molar-refractivity contribution in [2.75, 3.05) is 10.6 Å². The molecule has 28 heavy (non-hydrogen) atoms. The molecule has 1 atom stereocenters. The molecule has 0 aliphatic heterocycles. The lowest BCUT2D eigenvalue weighted by Crippen LogP contribution is -2.24. The summed E-state index contributed by atoms with van der Waals surface area (Å²) >= 11 is 0. The number of carboxylic acids is 1. The molecular formula is C22H26N2O4. The number of rotatable bonds is 9. The quantitative estimate of drug-likeness (QED) is 0.581. The van der Waals surface area contributed by atoms with Gasteiger partial charge >= 0.3 is 5.97 Å². The third kappa shape index (κ3) is 5.42. The van der Waals surface area contributed by atoms with E-state index < -0.39 is 11.9 Å². The first-order valence-corrected chi connectivity index (χ1v) is 9.51. The highest BCUT2D eigenvalue weighted by atomic mass is 16.4. The SMILES string of the molecule is CCCCC(CC)C(=O)Nc1ccccc1C(=O)Nc1ccccc1C(=O)O. The topological polar surface area (TPSA) is 95.5 Å². The number of carbonyl (C=O) groups excluding carboxylic acids is 2. The number of carbonyl (C=O) groups is 3. The van der Waals surface area contributed by atoms with Crippen molar-refractivity contribution in [2.45, 2.75) is 39.5 Å². The summed E-state index contributed by atoms with van der Waals surface area (Å²) in [4.78, 5) is 36.7. The van der Waals surface area contributed by atoms with Gasteiger partial charge in [0, 0.05) is 5.92 Å². The molecule has 2 aromatic rings. The standard InChI is InChI=1S/C22H26N2O4/c1-3-5-10-15(4-2)20(25)23-18-13-8-6-11-16(18)21(26)24-19-14-9-7-12-17(19)22(27)28/h6-9,11-15H,3-5,10H2,1-2H3,(H,23,25)(H,24,26)(H,27,28). The number of amides is 2. The molecule has 0 heterocycles. The third-order valence-electron chi connectivity index (χ3n) is 4.60. The van der Waals surface area contributed by atoms with Crippen molar-refractivity contribution < 1.29 is 19.5 Å². The summed E-state index contributed by atoms with van der Waals surface area (Å²) in [6, 6.07) is 12.9. The molecule has 3 N–H and O–H groups in total. The smallest absolute Gasteiger partial charge is 0.337 e. The van der Waals surface area contributed by atoms with E-state index >= 15 is 0 Å². The number of unbranched alkanes of at least 4 members (excludes halogenated alkanes) is 1. The molecule has 148 valence electrons. The summed E-state index contributed by atoms with van der Waals surface area (Å²) in [7, 11) is 0. The second-order valence-corrected chi connectivity index (χ2v) is 6.59. The van der Waals surface area contributed by atoms with Crippen molar-refractivity contribution in [1.82, 2.24) is 0 Å². The molecule has 0 bridgehead atoms. The maximum absolute atomic E-state index is 12.7. The average Bonchev–Trinajstić information content (AvgIpc) is 2.69. The molecule has 0 aliphatic rings. The minimum Gasteiger partial charge on any atom is -0.478 e. The number of carboxylic acid groups (broad SMARTS) is 1. The highest BCUT2D eigenvalue weighted by Crippen LogP contribution is 2.22. The van der Waals surface area contributed by atoms with Crippen LogP contribution in [-0.2, 0) is 4.79 Å². The van der Waals surface area contributed by atoms with Crippen molar-refractivity contribution in [2.24, 2.45) is 5.92 Å². The van der Waals surface area contributed by atoms with Gasteiger partial charge in [-0.2, -0.15) is 0 Å². The Morgan fingerprint density at radius 2 is 1.46 bits per heavy atom. The van der Waals surface area contributed by atoms with E-state index in [0.29, 0.717) is 5.69 Å². The number of benzene rings is 2. The van der Waals surface area contributed by atoms with E-state index in [-0.39, 0.29) is 28.6 Å². The molecule has 0 radical (unpaired) electrons. The fourth-order valence-corrected chi connectivity index (χ4v) is 2.96. The van der Waals surface area contributed by atoms with Crippen molar-refractivity contribution in [3.05, 3.63) is 59.7 Å². The van der Waals surface area contributed by atoms with Crippen LogP contribution in [0.5, 0.6) is 0 Å². The fourth-order valence-electron chi connectivity index (χ4n) is 2.96. The Balaban J connectivity index is 2.20. The zero-order valence-corrected chi connectivity index (χ0v) is 16.2. The molecular weight excluding hydrogens is 356 g/mol. The van der Waals surface area contributed by atoms with E-state index in [2.05, 4.69) is 17.6 Å². The lowest BCUT2D eigenvalue weighted by atomic mass is 9.98. The monoisotopic (exact) mass is 382 g/mol. The molecule has 0 aliphatic carbocycles. The second kappa shape index (κ2) is 10.3. The largest absolute Gasteiger partial charge is 0.478 e. The number of anilines is 2. The van der Waals surface area contributed by atoms with Crippen LogP contribution in [-0.4, -0.2) is 22.9 Å². The Kier molecular flexibility index (Phi) is 7.75. The minimum absolute atomic E-state index is 0.00276. The first-order chi connectivity index (χ1) is 13.5. The number of aromatic carboxylic acids is 1. The normalized spacial score (nSPS) is 11.5. The maximum Gasteiger partial charge on any atom is 0.337 e. The molecule has 0 fully saturated rings. The summed E-state index contributed by atoms with van der Waals surface area (Å²) in [5.74, 6) is -1.82. The van der Waals surface area contributed by atoms with Gasteiger partial charge in [-0.3, -0.25) is 9.59 Å². The van der Waals surface area contributed by atoms with Crippen LogP contribution in [0.3, 0.4) is 0 Å². The summed E-state index contributed by atoms with van der Waals surface area (Å²) in [5.41, 5.74) is 0.896. The zero-order chi connectivity index (χ0) is 20.5. The molecule has 1 unspecified atom stereocenters. The van der Waals surface area contributed by atoms with Gasteiger partial charge in [0.2, 0.25) is 5.91 Å². The zero-order valence-electron chi connectivity index (χ0n) is 16.2. The summed E-state index contributed by atoms with van der Waals surface area (Å²) in [6.45, 7) is 4.06. The van der Waals surface area contributed by atoms with Crippen LogP contribution in [0.15, 0.2) is 48.5 Å².